The highest BCUT2D eigenvalue weighted by atomic mass is 16.4. The topological polar surface area (TPSA) is 57.6 Å². The molecule has 0 aromatic rings. The van der Waals surface area contributed by atoms with Gasteiger partial charge in [-0.1, -0.05) is 0 Å². The molecule has 0 aromatic heterocycles. The number of rotatable bonds is 2. The number of carbonyl (C=O) groups is 2. The summed E-state index contributed by atoms with van der Waals surface area (Å²) in [6, 6.07) is -0.291. The quantitative estimate of drug-likeness (QED) is 0.733. The van der Waals surface area contributed by atoms with E-state index in [9.17, 15) is 9.59 Å². The van der Waals surface area contributed by atoms with E-state index in [0.717, 1.165) is 32.1 Å². The van der Waals surface area contributed by atoms with Crippen molar-refractivity contribution in [2.75, 3.05) is 0 Å². The van der Waals surface area contributed by atoms with Crippen molar-refractivity contribution in [1.29, 1.82) is 0 Å². The van der Waals surface area contributed by atoms with Crippen LogP contribution in [0, 0.1) is 11.8 Å². The Hall–Kier alpha value is -1.06. The molecule has 2 bridgehead atoms. The Morgan fingerprint density at radius 3 is 2.47 bits per heavy atom. The molecule has 0 radical (unpaired) electrons. The fraction of sp³-hybridized carbons (Fsp3) is 0.818. The van der Waals surface area contributed by atoms with Gasteiger partial charge in [0.2, 0.25) is 5.91 Å². The molecular formula is C11H15NO3. The van der Waals surface area contributed by atoms with E-state index in [4.69, 9.17) is 5.11 Å². The lowest BCUT2D eigenvalue weighted by Crippen LogP contribution is -2.49. The summed E-state index contributed by atoms with van der Waals surface area (Å²) >= 11 is 0. The van der Waals surface area contributed by atoms with Gasteiger partial charge in [-0.3, -0.25) is 4.79 Å². The number of carboxylic acid groups (broad SMARTS) is 1. The van der Waals surface area contributed by atoms with E-state index < -0.39 is 12.0 Å². The fourth-order valence-electron chi connectivity index (χ4n) is 3.16. The summed E-state index contributed by atoms with van der Waals surface area (Å²) in [5.41, 5.74) is 0. The van der Waals surface area contributed by atoms with Crippen molar-refractivity contribution < 1.29 is 14.7 Å². The maximum absolute atomic E-state index is 12.0. The Labute approximate surface area is 88.2 Å². The van der Waals surface area contributed by atoms with Crippen LogP contribution in [0.4, 0.5) is 0 Å². The van der Waals surface area contributed by atoms with Crippen molar-refractivity contribution in [2.45, 2.75) is 44.2 Å². The molecule has 4 nitrogen and oxygen atoms in total. The van der Waals surface area contributed by atoms with Crippen LogP contribution in [0.5, 0.6) is 0 Å². The van der Waals surface area contributed by atoms with Gasteiger partial charge in [-0.2, -0.15) is 0 Å². The average Bonchev–Trinajstić information content (AvgIpc) is 2.86. The van der Waals surface area contributed by atoms with Crippen molar-refractivity contribution in [2.24, 2.45) is 11.8 Å². The molecule has 3 unspecified atom stereocenters. The molecule has 1 N–H and O–H groups in total. The van der Waals surface area contributed by atoms with Crippen LogP contribution in [-0.4, -0.2) is 34.0 Å². The van der Waals surface area contributed by atoms with Crippen LogP contribution in [-0.2, 0) is 9.59 Å². The van der Waals surface area contributed by atoms with Crippen LogP contribution in [0.1, 0.15) is 32.1 Å². The van der Waals surface area contributed by atoms with Crippen LogP contribution in [0.15, 0.2) is 0 Å². The highest BCUT2D eigenvalue weighted by Gasteiger charge is 2.53. The number of nitrogens with zero attached hydrogens (tertiary/aromatic N) is 1. The maximum atomic E-state index is 12.0. The molecule has 82 valence electrons. The van der Waals surface area contributed by atoms with Crippen LogP contribution in [0.2, 0.25) is 0 Å². The van der Waals surface area contributed by atoms with Crippen molar-refractivity contribution in [3.63, 3.8) is 0 Å². The summed E-state index contributed by atoms with van der Waals surface area (Å²) in [5.74, 6) is -0.341. The van der Waals surface area contributed by atoms with Gasteiger partial charge in [-0.05, 0) is 38.0 Å². The molecule has 1 heterocycles. The number of likely N-dealkylation sites (tertiary alicyclic amines) is 1. The molecule has 3 fully saturated rings. The fourth-order valence-corrected chi connectivity index (χ4v) is 3.16. The lowest BCUT2D eigenvalue weighted by Gasteiger charge is -2.32. The number of piperidine rings is 1. The standard InChI is InChI=1S/C11H15NO3/c13-10(6-1-2-6)12-8-4-3-7(5-8)9(12)11(14)15/h6-9H,1-5H2,(H,14,15). The van der Waals surface area contributed by atoms with E-state index in [1.807, 2.05) is 0 Å². The Bertz CT molecular complexity index is 324. The molecule has 3 atom stereocenters. The predicted octanol–water partition coefficient (Wildman–Crippen LogP) is 0.861. The molecule has 2 saturated carbocycles. The van der Waals surface area contributed by atoms with Crippen molar-refractivity contribution in [3.05, 3.63) is 0 Å². The molecule has 1 amide bonds. The molecule has 3 aliphatic rings. The summed E-state index contributed by atoms with van der Waals surface area (Å²) in [4.78, 5) is 24.8. The Morgan fingerprint density at radius 2 is 1.87 bits per heavy atom. The molecule has 15 heavy (non-hydrogen) atoms. The zero-order chi connectivity index (χ0) is 10.6. The number of amides is 1. The van der Waals surface area contributed by atoms with E-state index in [0.29, 0.717) is 0 Å². The molecule has 1 saturated heterocycles. The summed E-state index contributed by atoms with van der Waals surface area (Å²) < 4.78 is 0. The van der Waals surface area contributed by atoms with Crippen molar-refractivity contribution >= 4 is 11.9 Å². The van der Waals surface area contributed by atoms with Gasteiger partial charge in [0.15, 0.2) is 0 Å². The second kappa shape index (κ2) is 2.97. The predicted molar refractivity (Wildman–Crippen MR) is 52.1 cm³/mol. The molecule has 3 rings (SSSR count). The van der Waals surface area contributed by atoms with Crippen LogP contribution >= 0.6 is 0 Å². The largest absolute Gasteiger partial charge is 0.480 e. The molecule has 2 aliphatic carbocycles. The average molecular weight is 209 g/mol. The second-order valence-electron chi connectivity index (χ2n) is 5.03. The second-order valence-corrected chi connectivity index (χ2v) is 5.03. The summed E-state index contributed by atoms with van der Waals surface area (Å²) in [5, 5.41) is 9.16. The highest BCUT2D eigenvalue weighted by molar-refractivity contribution is 5.87. The molecule has 4 heteroatoms. The first-order chi connectivity index (χ1) is 7.18. The van der Waals surface area contributed by atoms with Crippen LogP contribution < -0.4 is 0 Å². The number of fused-ring (bicyclic) bond motifs is 2. The van der Waals surface area contributed by atoms with E-state index in [1.165, 1.54) is 0 Å². The summed E-state index contributed by atoms with van der Waals surface area (Å²) in [6.07, 6.45) is 4.82. The first-order valence-corrected chi connectivity index (χ1v) is 5.73. The first-order valence-electron chi connectivity index (χ1n) is 5.73. The minimum atomic E-state index is -0.809. The third kappa shape index (κ3) is 1.27. The van der Waals surface area contributed by atoms with Gasteiger partial charge in [0, 0.05) is 12.0 Å². The third-order valence-electron chi connectivity index (χ3n) is 4.02. The normalized spacial score (nSPS) is 38.4. The monoisotopic (exact) mass is 209 g/mol. The Balaban J connectivity index is 1.85. The number of hydrogen-bond acceptors (Lipinski definition) is 2. The number of carboxylic acids is 1. The van der Waals surface area contributed by atoms with E-state index in [-0.39, 0.29) is 23.8 Å². The Kier molecular flexibility index (Phi) is 1.82. The van der Waals surface area contributed by atoms with Crippen molar-refractivity contribution in [1.82, 2.24) is 4.90 Å². The zero-order valence-corrected chi connectivity index (χ0v) is 8.56. The van der Waals surface area contributed by atoms with Gasteiger partial charge < -0.3 is 10.0 Å². The highest BCUT2D eigenvalue weighted by Crippen LogP contribution is 2.45. The van der Waals surface area contributed by atoms with Gasteiger partial charge in [0.05, 0.1) is 0 Å². The van der Waals surface area contributed by atoms with Gasteiger partial charge in [-0.25, -0.2) is 4.79 Å². The minimum Gasteiger partial charge on any atom is -0.480 e. The van der Waals surface area contributed by atoms with Crippen molar-refractivity contribution in [3.8, 4) is 0 Å². The van der Waals surface area contributed by atoms with Gasteiger partial charge >= 0.3 is 5.97 Å². The van der Waals surface area contributed by atoms with Crippen LogP contribution in [0.25, 0.3) is 0 Å². The minimum absolute atomic E-state index is 0.106. The number of hydrogen-bond donors (Lipinski definition) is 1. The van der Waals surface area contributed by atoms with Gasteiger partial charge in [-0.15, -0.1) is 0 Å². The van der Waals surface area contributed by atoms with Crippen LogP contribution in [0.3, 0.4) is 0 Å². The van der Waals surface area contributed by atoms with E-state index in [2.05, 4.69) is 0 Å². The van der Waals surface area contributed by atoms with E-state index >= 15 is 0 Å². The molecule has 0 aromatic carbocycles. The number of carbonyl (C=O) groups excluding carboxylic acids is 1. The smallest absolute Gasteiger partial charge is 0.326 e. The van der Waals surface area contributed by atoms with Gasteiger partial charge in [0.1, 0.15) is 6.04 Å². The lowest BCUT2D eigenvalue weighted by atomic mass is 9.98. The zero-order valence-electron chi connectivity index (χ0n) is 8.56. The molecule has 1 aliphatic heterocycles. The first kappa shape index (κ1) is 9.19. The lowest BCUT2D eigenvalue weighted by molar-refractivity contribution is -0.153. The molecule has 0 spiro atoms. The SMILES string of the molecule is O=C(O)C1C2CCC(C2)N1C(=O)C1CC1. The summed E-state index contributed by atoms with van der Waals surface area (Å²) in [7, 11) is 0. The maximum Gasteiger partial charge on any atom is 0.326 e. The third-order valence-corrected chi connectivity index (χ3v) is 4.02. The molecular weight excluding hydrogens is 194 g/mol. The van der Waals surface area contributed by atoms with Gasteiger partial charge in [0.25, 0.3) is 0 Å². The summed E-state index contributed by atoms with van der Waals surface area (Å²) in [6.45, 7) is 0. The number of aliphatic carboxylic acids is 1. The Morgan fingerprint density at radius 1 is 1.13 bits per heavy atom. The van der Waals surface area contributed by atoms with E-state index in [1.54, 1.807) is 4.90 Å².